The summed E-state index contributed by atoms with van der Waals surface area (Å²) in [5.74, 6) is -0.320. The molecule has 0 atom stereocenters. The molecule has 1 aromatic rings. The summed E-state index contributed by atoms with van der Waals surface area (Å²) >= 11 is 7.18. The van der Waals surface area contributed by atoms with Crippen molar-refractivity contribution in [1.29, 1.82) is 0 Å². The highest BCUT2D eigenvalue weighted by molar-refractivity contribution is 8.02. The minimum Gasteiger partial charge on any atom is -0.463 e. The molecule has 0 heterocycles. The fraction of sp³-hybridized carbons (Fsp3) is 0.182. The SMILES string of the molecule is CCOC(=O)/C=C\Sc1ccc(Cl)cc1. The number of hydrogen-bond acceptors (Lipinski definition) is 3. The zero-order chi connectivity index (χ0) is 11.1. The summed E-state index contributed by atoms with van der Waals surface area (Å²) in [5.41, 5.74) is 0. The molecular formula is C11H11ClO2S. The first-order valence-electron chi connectivity index (χ1n) is 4.48. The van der Waals surface area contributed by atoms with Crippen molar-refractivity contribution in [3.05, 3.63) is 40.8 Å². The maximum Gasteiger partial charge on any atom is 0.331 e. The van der Waals surface area contributed by atoms with Crippen LogP contribution in [0.4, 0.5) is 0 Å². The van der Waals surface area contributed by atoms with Gasteiger partial charge in [0.15, 0.2) is 0 Å². The van der Waals surface area contributed by atoms with E-state index in [-0.39, 0.29) is 5.97 Å². The van der Waals surface area contributed by atoms with E-state index in [1.165, 1.54) is 17.8 Å². The molecule has 0 aliphatic carbocycles. The van der Waals surface area contributed by atoms with Crippen molar-refractivity contribution in [2.75, 3.05) is 6.61 Å². The van der Waals surface area contributed by atoms with Gasteiger partial charge in [0.05, 0.1) is 6.61 Å². The molecule has 15 heavy (non-hydrogen) atoms. The van der Waals surface area contributed by atoms with Crippen LogP contribution < -0.4 is 0 Å². The van der Waals surface area contributed by atoms with Crippen LogP contribution in [0.5, 0.6) is 0 Å². The average molecular weight is 243 g/mol. The van der Waals surface area contributed by atoms with E-state index < -0.39 is 0 Å². The highest BCUT2D eigenvalue weighted by atomic mass is 35.5. The van der Waals surface area contributed by atoms with Gasteiger partial charge in [-0.1, -0.05) is 23.4 Å². The summed E-state index contributed by atoms with van der Waals surface area (Å²) < 4.78 is 4.74. The van der Waals surface area contributed by atoms with E-state index >= 15 is 0 Å². The highest BCUT2D eigenvalue weighted by Crippen LogP contribution is 2.20. The van der Waals surface area contributed by atoms with Gasteiger partial charge in [0.2, 0.25) is 0 Å². The predicted octanol–water partition coefficient (Wildman–Crippen LogP) is 3.51. The van der Waals surface area contributed by atoms with Gasteiger partial charge in [0, 0.05) is 16.0 Å². The number of hydrogen-bond donors (Lipinski definition) is 0. The molecule has 0 aliphatic rings. The normalized spacial score (nSPS) is 10.5. The number of carbonyl (C=O) groups is 1. The van der Waals surface area contributed by atoms with Crippen LogP contribution in [0.1, 0.15) is 6.92 Å². The molecule has 0 spiro atoms. The van der Waals surface area contributed by atoms with Crippen LogP contribution in [0.15, 0.2) is 40.6 Å². The van der Waals surface area contributed by atoms with Crippen LogP contribution in [0.2, 0.25) is 5.02 Å². The molecule has 1 aromatic carbocycles. The first-order chi connectivity index (χ1) is 7.22. The summed E-state index contributed by atoms with van der Waals surface area (Å²) in [6, 6.07) is 7.40. The Balaban J connectivity index is 2.43. The van der Waals surface area contributed by atoms with Gasteiger partial charge in [-0.05, 0) is 36.6 Å². The number of ether oxygens (including phenoxy) is 1. The van der Waals surface area contributed by atoms with Crippen LogP contribution in [-0.4, -0.2) is 12.6 Å². The number of esters is 1. The number of halogens is 1. The Labute approximate surface area is 98.3 Å². The van der Waals surface area contributed by atoms with E-state index in [2.05, 4.69) is 0 Å². The number of thioether (sulfide) groups is 1. The minimum absolute atomic E-state index is 0.320. The Kier molecular flexibility index (Phi) is 5.29. The zero-order valence-corrected chi connectivity index (χ0v) is 9.85. The van der Waals surface area contributed by atoms with Crippen LogP contribution in [0.25, 0.3) is 0 Å². The summed E-state index contributed by atoms with van der Waals surface area (Å²) in [6.07, 6.45) is 1.41. The van der Waals surface area contributed by atoms with Gasteiger partial charge in [-0.3, -0.25) is 0 Å². The smallest absolute Gasteiger partial charge is 0.331 e. The van der Waals surface area contributed by atoms with E-state index in [0.29, 0.717) is 11.6 Å². The molecule has 0 radical (unpaired) electrons. The lowest BCUT2D eigenvalue weighted by Gasteiger charge is -1.96. The maximum absolute atomic E-state index is 10.9. The van der Waals surface area contributed by atoms with Crippen molar-refractivity contribution in [2.45, 2.75) is 11.8 Å². The molecule has 80 valence electrons. The standard InChI is InChI=1S/C11H11ClO2S/c1-2-14-11(13)7-8-15-10-5-3-9(12)4-6-10/h3-8H,2H2,1H3/b8-7-. The fourth-order valence-electron chi connectivity index (χ4n) is 0.872. The quantitative estimate of drug-likeness (QED) is 0.459. The molecule has 0 bridgehead atoms. The summed E-state index contributed by atoms with van der Waals surface area (Å²) in [6.45, 7) is 2.17. The lowest BCUT2D eigenvalue weighted by molar-refractivity contribution is -0.137. The van der Waals surface area contributed by atoms with Gasteiger partial charge in [0.25, 0.3) is 0 Å². The Morgan fingerprint density at radius 2 is 2.13 bits per heavy atom. The monoisotopic (exact) mass is 242 g/mol. The van der Waals surface area contributed by atoms with Crippen molar-refractivity contribution in [3.63, 3.8) is 0 Å². The molecule has 2 nitrogen and oxygen atoms in total. The lowest BCUT2D eigenvalue weighted by Crippen LogP contribution is -1.98. The predicted molar refractivity (Wildman–Crippen MR) is 63.1 cm³/mol. The average Bonchev–Trinajstić information content (AvgIpc) is 2.21. The van der Waals surface area contributed by atoms with Gasteiger partial charge in [-0.15, -0.1) is 0 Å². The third kappa shape index (κ3) is 4.91. The third-order valence-corrected chi connectivity index (χ3v) is 2.58. The molecule has 0 saturated carbocycles. The van der Waals surface area contributed by atoms with Gasteiger partial charge in [0.1, 0.15) is 0 Å². The van der Waals surface area contributed by atoms with Gasteiger partial charge in [-0.25, -0.2) is 4.79 Å². The molecule has 0 unspecified atom stereocenters. The Hall–Kier alpha value is -0.930. The van der Waals surface area contributed by atoms with Crippen molar-refractivity contribution in [3.8, 4) is 0 Å². The highest BCUT2D eigenvalue weighted by Gasteiger charge is 1.94. The summed E-state index contributed by atoms with van der Waals surface area (Å²) in [7, 11) is 0. The Morgan fingerprint density at radius 3 is 2.73 bits per heavy atom. The zero-order valence-electron chi connectivity index (χ0n) is 8.27. The van der Waals surface area contributed by atoms with E-state index in [9.17, 15) is 4.79 Å². The lowest BCUT2D eigenvalue weighted by atomic mass is 10.4. The second-order valence-electron chi connectivity index (χ2n) is 2.63. The maximum atomic E-state index is 10.9. The second kappa shape index (κ2) is 6.53. The van der Waals surface area contributed by atoms with Crippen LogP contribution in [0, 0.1) is 0 Å². The molecule has 0 N–H and O–H groups in total. The van der Waals surface area contributed by atoms with Gasteiger partial charge in [-0.2, -0.15) is 0 Å². The van der Waals surface area contributed by atoms with Gasteiger partial charge >= 0.3 is 5.97 Å². The van der Waals surface area contributed by atoms with Crippen LogP contribution >= 0.6 is 23.4 Å². The minimum atomic E-state index is -0.320. The summed E-state index contributed by atoms with van der Waals surface area (Å²) in [5, 5.41) is 2.40. The van der Waals surface area contributed by atoms with Crippen LogP contribution in [0.3, 0.4) is 0 Å². The Morgan fingerprint density at radius 1 is 1.47 bits per heavy atom. The molecular weight excluding hydrogens is 232 g/mol. The van der Waals surface area contributed by atoms with E-state index in [0.717, 1.165) is 4.90 Å². The van der Waals surface area contributed by atoms with Crippen molar-refractivity contribution in [2.24, 2.45) is 0 Å². The second-order valence-corrected chi connectivity index (χ2v) is 4.04. The molecule has 0 amide bonds. The number of benzene rings is 1. The first-order valence-corrected chi connectivity index (χ1v) is 5.73. The molecule has 1 rings (SSSR count). The number of carbonyl (C=O) groups excluding carboxylic acids is 1. The van der Waals surface area contributed by atoms with Crippen molar-refractivity contribution >= 4 is 29.3 Å². The topological polar surface area (TPSA) is 26.3 Å². The molecule has 0 aliphatic heterocycles. The Bertz CT molecular complexity index is 346. The van der Waals surface area contributed by atoms with Crippen molar-refractivity contribution < 1.29 is 9.53 Å². The largest absolute Gasteiger partial charge is 0.463 e. The molecule has 0 fully saturated rings. The van der Waals surface area contributed by atoms with E-state index in [4.69, 9.17) is 16.3 Å². The number of rotatable bonds is 4. The summed E-state index contributed by atoms with van der Waals surface area (Å²) in [4.78, 5) is 12.0. The first kappa shape index (κ1) is 12.1. The van der Waals surface area contributed by atoms with Crippen molar-refractivity contribution in [1.82, 2.24) is 0 Å². The van der Waals surface area contributed by atoms with Crippen LogP contribution in [-0.2, 0) is 9.53 Å². The van der Waals surface area contributed by atoms with E-state index in [1.54, 1.807) is 12.3 Å². The fourth-order valence-corrected chi connectivity index (χ4v) is 1.63. The molecule has 0 aromatic heterocycles. The molecule has 4 heteroatoms. The van der Waals surface area contributed by atoms with E-state index in [1.807, 2.05) is 24.3 Å². The van der Waals surface area contributed by atoms with Gasteiger partial charge < -0.3 is 4.74 Å². The molecule has 0 saturated heterocycles. The third-order valence-electron chi connectivity index (χ3n) is 1.51.